The summed E-state index contributed by atoms with van der Waals surface area (Å²) in [6.45, 7) is 0. The van der Waals surface area contributed by atoms with Crippen LogP contribution in [0.3, 0.4) is 0 Å². The van der Waals surface area contributed by atoms with Crippen molar-refractivity contribution in [1.29, 1.82) is 0 Å². The number of ether oxygens (including phenoxy) is 2. The number of nitrogens with zero attached hydrogens (tertiary/aromatic N) is 2. The van der Waals surface area contributed by atoms with Crippen molar-refractivity contribution in [2.24, 2.45) is 5.41 Å². The zero-order valence-corrected chi connectivity index (χ0v) is 20.6. The quantitative estimate of drug-likeness (QED) is 0.528. The van der Waals surface area contributed by atoms with E-state index in [9.17, 15) is 9.59 Å². The summed E-state index contributed by atoms with van der Waals surface area (Å²) in [6, 6.07) is 15.0. The molecule has 2 aromatic carbocycles. The number of allylic oxidation sites excluding steroid dienone is 2. The van der Waals surface area contributed by atoms with Crippen LogP contribution >= 0.6 is 23.3 Å². The van der Waals surface area contributed by atoms with Gasteiger partial charge in [-0.3, -0.25) is 4.79 Å². The zero-order chi connectivity index (χ0) is 24.2. The van der Waals surface area contributed by atoms with Crippen molar-refractivity contribution in [3.8, 4) is 11.5 Å². The molecule has 1 aliphatic carbocycles. The molecule has 10 heteroatoms. The minimum Gasteiger partial charge on any atom is -0.497 e. The van der Waals surface area contributed by atoms with E-state index in [1.807, 2.05) is 48.5 Å². The first kappa shape index (κ1) is 22.1. The molecular weight excluding hydrogens is 486 g/mol. The Hall–Kier alpha value is -3.37. The summed E-state index contributed by atoms with van der Waals surface area (Å²) >= 11 is 3.08. The molecule has 6 rings (SSSR count). The van der Waals surface area contributed by atoms with Crippen molar-refractivity contribution < 1.29 is 23.9 Å². The van der Waals surface area contributed by atoms with E-state index in [2.05, 4.69) is 15.1 Å². The first-order valence-corrected chi connectivity index (χ1v) is 12.8. The molecule has 0 saturated carbocycles. The predicted octanol–water partition coefficient (Wildman–Crippen LogP) is 4.06. The highest BCUT2D eigenvalue weighted by Gasteiger charge is 2.67. The first-order valence-electron chi connectivity index (χ1n) is 11.0. The van der Waals surface area contributed by atoms with E-state index in [-0.39, 0.29) is 0 Å². The predicted molar refractivity (Wildman–Crippen MR) is 131 cm³/mol. The van der Waals surface area contributed by atoms with E-state index in [0.717, 1.165) is 37.9 Å². The molecule has 3 aliphatic rings. The van der Waals surface area contributed by atoms with Gasteiger partial charge in [-0.15, -0.1) is 16.9 Å². The fraction of sp³-hybridized carbons (Fsp3) is 0.280. The SMILES string of the molecule is COc1ccc(C2CC3=C(c4nnsc4CS3)C(c3ccc(OC)cc3)C23C(=O)NOC3=O)cc1. The fourth-order valence-corrected chi connectivity index (χ4v) is 7.40. The fourth-order valence-electron chi connectivity index (χ4n) is 5.46. The number of hydroxylamine groups is 1. The first-order chi connectivity index (χ1) is 17.1. The molecule has 35 heavy (non-hydrogen) atoms. The topological polar surface area (TPSA) is 99.6 Å². The van der Waals surface area contributed by atoms with Gasteiger partial charge >= 0.3 is 5.97 Å². The average Bonchev–Trinajstić information content (AvgIpc) is 3.50. The molecule has 3 atom stereocenters. The van der Waals surface area contributed by atoms with Crippen molar-refractivity contribution in [2.75, 3.05) is 14.2 Å². The van der Waals surface area contributed by atoms with Crippen LogP contribution in [0.2, 0.25) is 0 Å². The maximum absolute atomic E-state index is 13.7. The Morgan fingerprint density at radius 2 is 1.66 bits per heavy atom. The second-order valence-corrected chi connectivity index (χ2v) is 10.5. The van der Waals surface area contributed by atoms with Crippen molar-refractivity contribution >= 4 is 40.7 Å². The summed E-state index contributed by atoms with van der Waals surface area (Å²) in [5, 5.41) is 4.45. The number of nitrogens with one attached hydrogen (secondary N) is 1. The molecule has 3 aromatic rings. The Morgan fingerprint density at radius 1 is 1.00 bits per heavy atom. The lowest BCUT2D eigenvalue weighted by Gasteiger charge is -2.45. The number of benzene rings is 2. The van der Waals surface area contributed by atoms with E-state index in [4.69, 9.17) is 14.3 Å². The van der Waals surface area contributed by atoms with Crippen LogP contribution in [0.15, 0.2) is 53.4 Å². The van der Waals surface area contributed by atoms with Crippen molar-refractivity contribution in [1.82, 2.24) is 15.1 Å². The Bertz CT molecular complexity index is 1330. The van der Waals surface area contributed by atoms with Gasteiger partial charge < -0.3 is 14.3 Å². The van der Waals surface area contributed by atoms with Gasteiger partial charge in [0.1, 0.15) is 17.2 Å². The summed E-state index contributed by atoms with van der Waals surface area (Å²) < 4.78 is 14.9. The molecule has 1 spiro atoms. The molecule has 1 amide bonds. The van der Waals surface area contributed by atoms with E-state index >= 15 is 0 Å². The second-order valence-electron chi connectivity index (χ2n) is 8.60. The molecule has 8 nitrogen and oxygen atoms in total. The van der Waals surface area contributed by atoms with E-state index < -0.39 is 29.1 Å². The minimum absolute atomic E-state index is 0.448. The number of fused-ring (bicyclic) bond motifs is 2. The standard InChI is InChI=1S/C25H21N3O5S2/c1-31-15-7-3-13(4-8-15)17-11-18-20(22-19(12-34-18)35-28-26-22)21(14-5-9-16(32-2)10-6-14)25(17)23(29)27-33-24(25)30/h3-10,17,21H,11-12H2,1-2H3,(H,27,29). The molecule has 3 heterocycles. The molecular formula is C25H21N3O5S2. The highest BCUT2D eigenvalue weighted by molar-refractivity contribution is 8.02. The maximum Gasteiger partial charge on any atom is 0.349 e. The van der Waals surface area contributed by atoms with Gasteiger partial charge in [0, 0.05) is 17.6 Å². The number of amides is 1. The Balaban J connectivity index is 1.63. The van der Waals surface area contributed by atoms with Crippen LogP contribution in [0.5, 0.6) is 11.5 Å². The summed E-state index contributed by atoms with van der Waals surface area (Å²) in [7, 11) is 3.21. The molecule has 1 N–H and O–H groups in total. The lowest BCUT2D eigenvalue weighted by atomic mass is 9.55. The van der Waals surface area contributed by atoms with Crippen LogP contribution in [0, 0.1) is 5.41 Å². The summed E-state index contributed by atoms with van der Waals surface area (Å²) in [6.07, 6.45) is 0.512. The molecule has 178 valence electrons. The number of thioether (sulfide) groups is 1. The number of hydrogen-bond donors (Lipinski definition) is 1. The molecule has 1 saturated heterocycles. The third-order valence-electron chi connectivity index (χ3n) is 7.09. The van der Waals surface area contributed by atoms with E-state index in [1.54, 1.807) is 26.0 Å². The minimum atomic E-state index is -1.51. The van der Waals surface area contributed by atoms with Gasteiger partial charge in [-0.2, -0.15) is 5.48 Å². The zero-order valence-electron chi connectivity index (χ0n) is 18.9. The van der Waals surface area contributed by atoms with Crippen molar-refractivity contribution in [3.05, 3.63) is 75.1 Å². The Morgan fingerprint density at radius 3 is 2.26 bits per heavy atom. The second kappa shape index (κ2) is 8.39. The normalized spacial score (nSPS) is 25.1. The molecule has 0 radical (unpaired) electrons. The van der Waals surface area contributed by atoms with E-state index in [0.29, 0.717) is 17.9 Å². The monoisotopic (exact) mass is 507 g/mol. The summed E-state index contributed by atoms with van der Waals surface area (Å²) in [5.41, 5.74) is 4.21. The van der Waals surface area contributed by atoms with Gasteiger partial charge in [0.15, 0.2) is 5.41 Å². The van der Waals surface area contributed by atoms with Crippen LogP contribution in [0.1, 0.15) is 40.0 Å². The van der Waals surface area contributed by atoms with Crippen LogP contribution in [-0.4, -0.2) is 35.7 Å². The van der Waals surface area contributed by atoms with Gasteiger partial charge in [0.2, 0.25) is 0 Å². The van der Waals surface area contributed by atoms with Gasteiger partial charge in [0.05, 0.1) is 19.1 Å². The Labute approximate surface area is 209 Å². The van der Waals surface area contributed by atoms with Crippen LogP contribution in [0.4, 0.5) is 0 Å². The molecule has 1 fully saturated rings. The van der Waals surface area contributed by atoms with Crippen molar-refractivity contribution in [2.45, 2.75) is 24.0 Å². The average molecular weight is 508 g/mol. The molecule has 1 aromatic heterocycles. The van der Waals surface area contributed by atoms with Gasteiger partial charge in [-0.25, -0.2) is 4.79 Å². The largest absolute Gasteiger partial charge is 0.497 e. The lowest BCUT2D eigenvalue weighted by molar-refractivity contribution is -0.151. The number of carbonyl (C=O) groups excluding carboxylic acids is 2. The highest BCUT2D eigenvalue weighted by atomic mass is 32.2. The maximum atomic E-state index is 13.7. The van der Waals surface area contributed by atoms with Crippen LogP contribution in [-0.2, 0) is 20.2 Å². The van der Waals surface area contributed by atoms with Crippen molar-refractivity contribution in [3.63, 3.8) is 0 Å². The van der Waals surface area contributed by atoms with Crippen LogP contribution < -0.4 is 15.0 Å². The third-order valence-corrected chi connectivity index (χ3v) is 9.16. The number of carbonyl (C=O) groups is 2. The van der Waals surface area contributed by atoms with Gasteiger partial charge in [-0.05, 0) is 63.8 Å². The third kappa shape index (κ3) is 3.20. The number of methoxy groups -OCH3 is 2. The smallest absolute Gasteiger partial charge is 0.349 e. The molecule has 3 unspecified atom stereocenters. The van der Waals surface area contributed by atoms with Gasteiger partial charge in [0.25, 0.3) is 5.91 Å². The summed E-state index contributed by atoms with van der Waals surface area (Å²) in [5.74, 6) is 0.0534. The molecule has 2 aliphatic heterocycles. The number of aromatic nitrogens is 2. The molecule has 0 bridgehead atoms. The van der Waals surface area contributed by atoms with Crippen LogP contribution in [0.25, 0.3) is 5.57 Å². The van der Waals surface area contributed by atoms with Gasteiger partial charge in [-0.1, -0.05) is 28.8 Å². The number of hydrogen-bond acceptors (Lipinski definition) is 9. The van der Waals surface area contributed by atoms with E-state index in [1.165, 1.54) is 11.5 Å². The Kier molecular flexibility index (Phi) is 5.30. The lowest BCUT2D eigenvalue weighted by Crippen LogP contribution is -2.49. The summed E-state index contributed by atoms with van der Waals surface area (Å²) in [4.78, 5) is 34.8. The highest BCUT2D eigenvalue weighted by Crippen LogP contribution is 2.64. The number of rotatable bonds is 4.